The van der Waals surface area contributed by atoms with Crippen LogP contribution in [0.3, 0.4) is 0 Å². The summed E-state index contributed by atoms with van der Waals surface area (Å²) in [6.45, 7) is 6.22. The first-order valence-electron chi connectivity index (χ1n) is 6.56. The topological polar surface area (TPSA) is 32.3 Å². The maximum Gasteiger partial charge on any atom is 0.0431 e. The molecule has 0 saturated heterocycles. The zero-order chi connectivity index (χ0) is 11.1. The minimum atomic E-state index is 0.345. The number of aliphatic hydroxyl groups is 1. The molecular weight excluding hydrogens is 186 g/mol. The van der Waals surface area contributed by atoms with Crippen LogP contribution in [0.1, 0.15) is 52.4 Å². The van der Waals surface area contributed by atoms with Gasteiger partial charge in [-0.25, -0.2) is 0 Å². The average Bonchev–Trinajstić information content (AvgIpc) is 2.16. The predicted molar refractivity (Wildman–Crippen MR) is 64.9 cm³/mol. The van der Waals surface area contributed by atoms with Gasteiger partial charge in [-0.05, 0) is 56.9 Å². The van der Waals surface area contributed by atoms with E-state index in [0.717, 1.165) is 37.3 Å². The summed E-state index contributed by atoms with van der Waals surface area (Å²) in [5.41, 5.74) is 0. The molecule has 1 rings (SSSR count). The van der Waals surface area contributed by atoms with E-state index in [1.54, 1.807) is 0 Å². The van der Waals surface area contributed by atoms with Crippen molar-refractivity contribution < 1.29 is 5.11 Å². The standard InChI is InChI=1S/C13H27NO/c1-11-8-12(2)10-13(9-11)14-6-4-3-5-7-15/h11-15H,3-10H2,1-2H3. The number of rotatable bonds is 6. The van der Waals surface area contributed by atoms with Crippen LogP contribution in [0.4, 0.5) is 0 Å². The fourth-order valence-corrected chi connectivity index (χ4v) is 2.83. The maximum absolute atomic E-state index is 8.66. The van der Waals surface area contributed by atoms with E-state index in [1.807, 2.05) is 0 Å². The smallest absolute Gasteiger partial charge is 0.0431 e. The zero-order valence-corrected chi connectivity index (χ0v) is 10.3. The van der Waals surface area contributed by atoms with Crippen molar-refractivity contribution in [2.75, 3.05) is 13.2 Å². The summed E-state index contributed by atoms with van der Waals surface area (Å²) >= 11 is 0. The second-order valence-electron chi connectivity index (χ2n) is 5.35. The second kappa shape index (κ2) is 7.24. The maximum atomic E-state index is 8.66. The van der Waals surface area contributed by atoms with Crippen molar-refractivity contribution in [1.82, 2.24) is 5.32 Å². The lowest BCUT2D eigenvalue weighted by molar-refractivity contribution is 0.237. The molecule has 0 radical (unpaired) electrons. The van der Waals surface area contributed by atoms with Crippen LogP contribution in [-0.2, 0) is 0 Å². The molecule has 0 spiro atoms. The van der Waals surface area contributed by atoms with Crippen molar-refractivity contribution in [3.63, 3.8) is 0 Å². The highest BCUT2D eigenvalue weighted by molar-refractivity contribution is 4.79. The van der Waals surface area contributed by atoms with Crippen molar-refractivity contribution >= 4 is 0 Å². The first-order chi connectivity index (χ1) is 7.22. The lowest BCUT2D eigenvalue weighted by Crippen LogP contribution is -2.36. The van der Waals surface area contributed by atoms with Gasteiger partial charge in [0.1, 0.15) is 0 Å². The van der Waals surface area contributed by atoms with E-state index < -0.39 is 0 Å². The van der Waals surface area contributed by atoms with E-state index in [4.69, 9.17) is 5.11 Å². The number of unbranched alkanes of at least 4 members (excludes halogenated alkanes) is 2. The highest BCUT2D eigenvalue weighted by Crippen LogP contribution is 2.28. The summed E-state index contributed by atoms with van der Waals surface area (Å²) < 4.78 is 0. The van der Waals surface area contributed by atoms with E-state index in [2.05, 4.69) is 19.2 Å². The molecule has 1 saturated carbocycles. The molecule has 2 heteroatoms. The number of aliphatic hydroxyl groups excluding tert-OH is 1. The van der Waals surface area contributed by atoms with Crippen molar-refractivity contribution in [3.05, 3.63) is 0 Å². The van der Waals surface area contributed by atoms with Gasteiger partial charge in [0, 0.05) is 12.6 Å². The molecule has 0 aromatic rings. The Morgan fingerprint density at radius 3 is 2.27 bits per heavy atom. The van der Waals surface area contributed by atoms with E-state index in [9.17, 15) is 0 Å². The molecule has 0 aromatic heterocycles. The second-order valence-corrected chi connectivity index (χ2v) is 5.35. The van der Waals surface area contributed by atoms with Gasteiger partial charge in [-0.3, -0.25) is 0 Å². The molecule has 15 heavy (non-hydrogen) atoms. The number of hydrogen-bond acceptors (Lipinski definition) is 2. The van der Waals surface area contributed by atoms with Gasteiger partial charge in [0.05, 0.1) is 0 Å². The highest BCUT2D eigenvalue weighted by Gasteiger charge is 2.22. The molecule has 0 heterocycles. The van der Waals surface area contributed by atoms with E-state index in [1.165, 1.54) is 25.7 Å². The van der Waals surface area contributed by atoms with Gasteiger partial charge in [0.25, 0.3) is 0 Å². The Hall–Kier alpha value is -0.0800. The SMILES string of the molecule is CC1CC(C)CC(NCCCCCO)C1. The Morgan fingerprint density at radius 2 is 1.67 bits per heavy atom. The van der Waals surface area contributed by atoms with Crippen LogP contribution in [0.15, 0.2) is 0 Å². The zero-order valence-electron chi connectivity index (χ0n) is 10.3. The molecule has 2 nitrogen and oxygen atoms in total. The molecule has 0 aromatic carbocycles. The van der Waals surface area contributed by atoms with Gasteiger partial charge in [-0.1, -0.05) is 13.8 Å². The summed E-state index contributed by atoms with van der Waals surface area (Å²) in [6, 6.07) is 0.748. The quantitative estimate of drug-likeness (QED) is 0.665. The van der Waals surface area contributed by atoms with Gasteiger partial charge in [0.15, 0.2) is 0 Å². The van der Waals surface area contributed by atoms with Crippen LogP contribution in [0.5, 0.6) is 0 Å². The fraction of sp³-hybridized carbons (Fsp3) is 1.00. The Labute approximate surface area is 94.5 Å². The lowest BCUT2D eigenvalue weighted by Gasteiger charge is -2.32. The fourth-order valence-electron chi connectivity index (χ4n) is 2.83. The third-order valence-corrected chi connectivity index (χ3v) is 3.45. The Morgan fingerprint density at radius 1 is 1.00 bits per heavy atom. The van der Waals surface area contributed by atoms with Crippen LogP contribution in [0.2, 0.25) is 0 Å². The molecule has 2 atom stereocenters. The molecule has 0 bridgehead atoms. The van der Waals surface area contributed by atoms with Crippen LogP contribution in [0, 0.1) is 11.8 Å². The normalized spacial score (nSPS) is 31.8. The summed E-state index contributed by atoms with van der Waals surface area (Å²) in [7, 11) is 0. The van der Waals surface area contributed by atoms with Crippen LogP contribution >= 0.6 is 0 Å². The molecule has 1 aliphatic rings. The van der Waals surface area contributed by atoms with Crippen molar-refractivity contribution in [2.24, 2.45) is 11.8 Å². The van der Waals surface area contributed by atoms with Gasteiger partial charge < -0.3 is 10.4 Å². The van der Waals surface area contributed by atoms with Crippen molar-refractivity contribution in [1.29, 1.82) is 0 Å². The van der Waals surface area contributed by atoms with Crippen molar-refractivity contribution in [3.8, 4) is 0 Å². The molecular formula is C13H27NO. The predicted octanol–water partition coefficient (Wildman–Crippen LogP) is 2.56. The van der Waals surface area contributed by atoms with Gasteiger partial charge in [-0.15, -0.1) is 0 Å². The van der Waals surface area contributed by atoms with Crippen LogP contribution in [-0.4, -0.2) is 24.3 Å². The average molecular weight is 213 g/mol. The molecule has 0 amide bonds. The Balaban J connectivity index is 2.04. The van der Waals surface area contributed by atoms with Gasteiger partial charge >= 0.3 is 0 Å². The summed E-state index contributed by atoms with van der Waals surface area (Å²) in [4.78, 5) is 0. The third kappa shape index (κ3) is 5.53. The minimum absolute atomic E-state index is 0.345. The molecule has 0 aliphatic heterocycles. The van der Waals surface area contributed by atoms with Gasteiger partial charge in [-0.2, -0.15) is 0 Å². The highest BCUT2D eigenvalue weighted by atomic mass is 16.2. The lowest BCUT2D eigenvalue weighted by atomic mass is 9.80. The molecule has 1 fully saturated rings. The monoisotopic (exact) mass is 213 g/mol. The van der Waals surface area contributed by atoms with E-state index >= 15 is 0 Å². The number of hydrogen-bond donors (Lipinski definition) is 2. The Bertz CT molecular complexity index is 151. The van der Waals surface area contributed by atoms with Crippen LogP contribution in [0.25, 0.3) is 0 Å². The largest absolute Gasteiger partial charge is 0.396 e. The first-order valence-corrected chi connectivity index (χ1v) is 6.56. The van der Waals surface area contributed by atoms with E-state index in [0.29, 0.717) is 6.61 Å². The van der Waals surface area contributed by atoms with Crippen molar-refractivity contribution in [2.45, 2.75) is 58.4 Å². The summed E-state index contributed by atoms with van der Waals surface area (Å²) in [5.74, 6) is 1.78. The van der Waals surface area contributed by atoms with Crippen LogP contribution < -0.4 is 5.32 Å². The number of nitrogens with one attached hydrogen (secondary N) is 1. The molecule has 90 valence electrons. The first kappa shape index (κ1) is 13.0. The Kier molecular flexibility index (Phi) is 6.26. The summed E-state index contributed by atoms with van der Waals surface area (Å²) in [5, 5.41) is 12.3. The summed E-state index contributed by atoms with van der Waals surface area (Å²) in [6.07, 6.45) is 7.43. The third-order valence-electron chi connectivity index (χ3n) is 3.45. The van der Waals surface area contributed by atoms with Gasteiger partial charge in [0.2, 0.25) is 0 Å². The molecule has 1 aliphatic carbocycles. The molecule has 2 N–H and O–H groups in total. The van der Waals surface area contributed by atoms with E-state index in [-0.39, 0.29) is 0 Å². The minimum Gasteiger partial charge on any atom is -0.396 e. The molecule has 2 unspecified atom stereocenters.